The van der Waals surface area contributed by atoms with Crippen molar-refractivity contribution >= 4 is 11.6 Å². The van der Waals surface area contributed by atoms with Crippen molar-refractivity contribution in [2.24, 2.45) is 0 Å². The highest BCUT2D eigenvalue weighted by Gasteiger charge is 1.98. The van der Waals surface area contributed by atoms with Gasteiger partial charge in [-0.25, -0.2) is 15.0 Å². The first-order valence-corrected chi connectivity index (χ1v) is 5.62. The lowest BCUT2D eigenvalue weighted by atomic mass is 10.3. The first kappa shape index (κ1) is 11.4. The summed E-state index contributed by atoms with van der Waals surface area (Å²) in [6.07, 6.45) is 10.9. The lowest BCUT2D eigenvalue weighted by molar-refractivity contribution is 0.620. The number of nitrogens with two attached hydrogens (primary N) is 1. The van der Waals surface area contributed by atoms with E-state index in [0.29, 0.717) is 11.6 Å². The summed E-state index contributed by atoms with van der Waals surface area (Å²) >= 11 is 0. The number of unbranched alkanes of at least 4 members (excludes halogenated alkanes) is 1. The summed E-state index contributed by atoms with van der Waals surface area (Å²) in [5, 5.41) is 3.17. The van der Waals surface area contributed by atoms with Crippen LogP contribution in [-0.4, -0.2) is 26.1 Å². The van der Waals surface area contributed by atoms with Crippen LogP contribution in [0.1, 0.15) is 12.8 Å². The monoisotopic (exact) mass is 232 g/mol. The van der Waals surface area contributed by atoms with E-state index in [2.05, 4.69) is 24.8 Å². The summed E-state index contributed by atoms with van der Waals surface area (Å²) < 4.78 is 2.07. The van der Waals surface area contributed by atoms with Crippen molar-refractivity contribution in [3.8, 4) is 0 Å². The topological polar surface area (TPSA) is 81.6 Å². The van der Waals surface area contributed by atoms with Gasteiger partial charge in [-0.2, -0.15) is 0 Å². The van der Waals surface area contributed by atoms with Gasteiger partial charge in [0.1, 0.15) is 0 Å². The number of nitrogen functional groups attached to an aromatic ring is 1. The molecular formula is C11H16N6. The number of aryl methyl sites for hydroxylation is 1. The van der Waals surface area contributed by atoms with Gasteiger partial charge in [0.05, 0.1) is 6.33 Å². The van der Waals surface area contributed by atoms with E-state index in [1.807, 2.05) is 12.5 Å². The van der Waals surface area contributed by atoms with E-state index in [1.165, 1.54) is 0 Å². The van der Waals surface area contributed by atoms with Crippen molar-refractivity contribution in [1.82, 2.24) is 19.5 Å². The normalized spacial score (nSPS) is 10.4. The number of hydrogen-bond donors (Lipinski definition) is 2. The Kier molecular flexibility index (Phi) is 3.90. The van der Waals surface area contributed by atoms with Gasteiger partial charge in [-0.05, 0) is 12.8 Å². The number of rotatable bonds is 6. The Morgan fingerprint density at radius 3 is 2.82 bits per heavy atom. The van der Waals surface area contributed by atoms with Crippen LogP contribution in [-0.2, 0) is 6.54 Å². The Bertz CT molecular complexity index is 439. The number of aromatic nitrogens is 4. The van der Waals surface area contributed by atoms with Crippen LogP contribution in [0.3, 0.4) is 0 Å². The molecule has 0 radical (unpaired) electrons. The fourth-order valence-electron chi connectivity index (χ4n) is 1.53. The molecule has 0 bridgehead atoms. The van der Waals surface area contributed by atoms with Crippen LogP contribution < -0.4 is 11.1 Å². The van der Waals surface area contributed by atoms with E-state index >= 15 is 0 Å². The van der Waals surface area contributed by atoms with E-state index in [0.717, 1.165) is 25.9 Å². The molecule has 0 amide bonds. The largest absolute Gasteiger partial charge is 0.381 e. The van der Waals surface area contributed by atoms with Gasteiger partial charge in [-0.15, -0.1) is 0 Å². The van der Waals surface area contributed by atoms with Gasteiger partial charge in [0.15, 0.2) is 11.6 Å². The van der Waals surface area contributed by atoms with Gasteiger partial charge in [-0.3, -0.25) is 0 Å². The Morgan fingerprint density at radius 2 is 2.06 bits per heavy atom. The van der Waals surface area contributed by atoms with Crippen LogP contribution in [0.15, 0.2) is 31.1 Å². The average Bonchev–Trinajstić information content (AvgIpc) is 2.84. The minimum Gasteiger partial charge on any atom is -0.381 e. The first-order chi connectivity index (χ1) is 8.36. The summed E-state index contributed by atoms with van der Waals surface area (Å²) in [5.74, 6) is 1.11. The SMILES string of the molecule is Nc1nccnc1NCCCCn1ccnc1. The zero-order chi connectivity index (χ0) is 11.9. The number of imidazole rings is 1. The minimum absolute atomic E-state index is 0.446. The van der Waals surface area contributed by atoms with Gasteiger partial charge in [0, 0.05) is 37.9 Å². The smallest absolute Gasteiger partial charge is 0.168 e. The van der Waals surface area contributed by atoms with Crippen LogP contribution in [0.25, 0.3) is 0 Å². The summed E-state index contributed by atoms with van der Waals surface area (Å²) in [5.41, 5.74) is 5.66. The third-order valence-electron chi connectivity index (χ3n) is 2.42. The Labute approximate surface area is 99.9 Å². The highest BCUT2D eigenvalue weighted by Crippen LogP contribution is 2.09. The standard InChI is InChI=1S/C11H16N6/c12-10-11(16-5-4-14-10)15-3-1-2-7-17-8-6-13-9-17/h4-6,8-9H,1-3,7H2,(H2,12,14)(H,15,16). The molecule has 2 heterocycles. The lowest BCUT2D eigenvalue weighted by Crippen LogP contribution is -2.08. The molecule has 2 rings (SSSR count). The molecule has 17 heavy (non-hydrogen) atoms. The van der Waals surface area contributed by atoms with Gasteiger partial charge in [0.25, 0.3) is 0 Å². The molecule has 0 unspecified atom stereocenters. The average molecular weight is 232 g/mol. The molecule has 6 nitrogen and oxygen atoms in total. The predicted octanol–water partition coefficient (Wildman–Crippen LogP) is 1.15. The van der Waals surface area contributed by atoms with E-state index in [4.69, 9.17) is 5.73 Å². The third kappa shape index (κ3) is 3.44. The van der Waals surface area contributed by atoms with Crippen LogP contribution in [0, 0.1) is 0 Å². The molecule has 0 saturated carbocycles. The summed E-state index contributed by atoms with van der Waals surface area (Å²) in [7, 11) is 0. The molecule has 0 spiro atoms. The molecule has 0 aromatic carbocycles. The molecule has 0 aliphatic carbocycles. The summed E-state index contributed by atoms with van der Waals surface area (Å²) in [6.45, 7) is 1.83. The maximum atomic E-state index is 5.66. The van der Waals surface area contributed by atoms with Crippen LogP contribution in [0.2, 0.25) is 0 Å². The number of nitrogens with zero attached hydrogens (tertiary/aromatic N) is 4. The molecule has 90 valence electrons. The van der Waals surface area contributed by atoms with Crippen molar-refractivity contribution in [3.05, 3.63) is 31.1 Å². The van der Waals surface area contributed by atoms with E-state index < -0.39 is 0 Å². The fourth-order valence-corrected chi connectivity index (χ4v) is 1.53. The highest BCUT2D eigenvalue weighted by atomic mass is 15.0. The van der Waals surface area contributed by atoms with Crippen LogP contribution >= 0.6 is 0 Å². The van der Waals surface area contributed by atoms with Crippen LogP contribution in [0.4, 0.5) is 11.6 Å². The maximum absolute atomic E-state index is 5.66. The lowest BCUT2D eigenvalue weighted by Gasteiger charge is -2.07. The first-order valence-electron chi connectivity index (χ1n) is 5.62. The van der Waals surface area contributed by atoms with Crippen molar-refractivity contribution < 1.29 is 0 Å². The Morgan fingerprint density at radius 1 is 1.18 bits per heavy atom. The predicted molar refractivity (Wildman–Crippen MR) is 66.4 cm³/mol. The second-order valence-electron chi connectivity index (χ2n) is 3.72. The molecule has 0 aliphatic rings. The quantitative estimate of drug-likeness (QED) is 0.730. The fraction of sp³-hybridized carbons (Fsp3) is 0.364. The Balaban J connectivity index is 1.65. The molecule has 0 atom stereocenters. The molecule has 6 heteroatoms. The highest BCUT2D eigenvalue weighted by molar-refractivity contribution is 5.54. The van der Waals surface area contributed by atoms with Gasteiger partial charge in [-0.1, -0.05) is 0 Å². The minimum atomic E-state index is 0.446. The van der Waals surface area contributed by atoms with E-state index in [9.17, 15) is 0 Å². The summed E-state index contributed by atoms with van der Waals surface area (Å²) in [4.78, 5) is 12.1. The molecule has 0 saturated heterocycles. The molecule has 2 aromatic heterocycles. The maximum Gasteiger partial charge on any atom is 0.168 e. The number of nitrogens with one attached hydrogen (secondary N) is 1. The molecule has 0 aliphatic heterocycles. The number of hydrogen-bond acceptors (Lipinski definition) is 5. The van der Waals surface area contributed by atoms with Crippen molar-refractivity contribution in [2.75, 3.05) is 17.6 Å². The van der Waals surface area contributed by atoms with Crippen molar-refractivity contribution in [2.45, 2.75) is 19.4 Å². The molecule has 3 N–H and O–H groups in total. The van der Waals surface area contributed by atoms with Gasteiger partial charge < -0.3 is 15.6 Å². The van der Waals surface area contributed by atoms with Gasteiger partial charge >= 0.3 is 0 Å². The van der Waals surface area contributed by atoms with Crippen molar-refractivity contribution in [3.63, 3.8) is 0 Å². The van der Waals surface area contributed by atoms with E-state index in [1.54, 1.807) is 18.6 Å². The third-order valence-corrected chi connectivity index (χ3v) is 2.42. The zero-order valence-electron chi connectivity index (χ0n) is 9.58. The Hall–Kier alpha value is -2.11. The second-order valence-corrected chi connectivity index (χ2v) is 3.72. The van der Waals surface area contributed by atoms with Crippen LogP contribution in [0.5, 0.6) is 0 Å². The molecule has 2 aromatic rings. The van der Waals surface area contributed by atoms with E-state index in [-0.39, 0.29) is 0 Å². The second kappa shape index (κ2) is 5.83. The molecule has 0 fully saturated rings. The zero-order valence-corrected chi connectivity index (χ0v) is 9.58. The summed E-state index contributed by atoms with van der Waals surface area (Å²) in [6, 6.07) is 0. The number of anilines is 2. The van der Waals surface area contributed by atoms with Gasteiger partial charge in [0.2, 0.25) is 0 Å². The molecular weight excluding hydrogens is 216 g/mol. The van der Waals surface area contributed by atoms with Crippen molar-refractivity contribution in [1.29, 1.82) is 0 Å².